The highest BCUT2D eigenvalue weighted by atomic mass is 35.5. The molecule has 0 radical (unpaired) electrons. The smallest absolute Gasteiger partial charge is 0.127 e. The molecule has 1 saturated heterocycles. The van der Waals surface area contributed by atoms with Crippen molar-refractivity contribution in [3.63, 3.8) is 0 Å². The second kappa shape index (κ2) is 4.95. The summed E-state index contributed by atoms with van der Waals surface area (Å²) in [4.78, 5) is 0. The van der Waals surface area contributed by atoms with Crippen LogP contribution >= 0.6 is 11.6 Å². The molecule has 1 N–H and O–H groups in total. The molecule has 1 aromatic rings. The van der Waals surface area contributed by atoms with Gasteiger partial charge in [-0.05, 0) is 43.5 Å². The number of benzene rings is 1. The van der Waals surface area contributed by atoms with Crippen LogP contribution in [0.25, 0.3) is 0 Å². The van der Waals surface area contributed by atoms with Crippen LogP contribution in [0.15, 0.2) is 24.3 Å². The van der Waals surface area contributed by atoms with Crippen molar-refractivity contribution in [3.05, 3.63) is 34.9 Å². The van der Waals surface area contributed by atoms with Crippen molar-refractivity contribution in [2.45, 2.75) is 31.5 Å². The minimum absolute atomic E-state index is 0.332. The lowest BCUT2D eigenvalue weighted by atomic mass is 10.0. The molecule has 15 heavy (non-hydrogen) atoms. The summed E-state index contributed by atoms with van der Waals surface area (Å²) >= 11 is 5.82. The molecule has 0 aromatic heterocycles. The Morgan fingerprint density at radius 2 is 2.40 bits per heavy atom. The van der Waals surface area contributed by atoms with Crippen LogP contribution in [0.2, 0.25) is 5.02 Å². The summed E-state index contributed by atoms with van der Waals surface area (Å²) in [6, 6.07) is 7.41. The van der Waals surface area contributed by atoms with Crippen LogP contribution in [0.4, 0.5) is 4.39 Å². The quantitative estimate of drug-likeness (QED) is 0.834. The summed E-state index contributed by atoms with van der Waals surface area (Å²) in [5, 5.41) is 3.90. The number of alkyl halides is 1. The molecule has 2 unspecified atom stereocenters. The van der Waals surface area contributed by atoms with Crippen molar-refractivity contribution < 1.29 is 4.39 Å². The molecule has 2 rings (SSSR count). The fraction of sp³-hybridized carbons (Fsp3) is 0.500. The first-order chi connectivity index (χ1) is 7.25. The zero-order valence-electron chi connectivity index (χ0n) is 8.55. The highest BCUT2D eigenvalue weighted by Crippen LogP contribution is 2.27. The van der Waals surface area contributed by atoms with E-state index in [2.05, 4.69) is 5.32 Å². The molecular formula is C12H15ClFN. The number of halogens is 2. The van der Waals surface area contributed by atoms with Gasteiger partial charge in [-0.15, -0.1) is 0 Å². The Bertz CT molecular complexity index is 323. The number of nitrogens with one attached hydrogen (secondary N) is 1. The maximum Gasteiger partial charge on any atom is 0.127 e. The first-order valence-electron chi connectivity index (χ1n) is 5.38. The Hall–Kier alpha value is -0.600. The summed E-state index contributed by atoms with van der Waals surface area (Å²) in [5.41, 5.74) is 0.691. The van der Waals surface area contributed by atoms with Crippen molar-refractivity contribution in [1.29, 1.82) is 0 Å². The van der Waals surface area contributed by atoms with Crippen molar-refractivity contribution in [1.82, 2.24) is 5.32 Å². The van der Waals surface area contributed by atoms with E-state index < -0.39 is 6.17 Å². The Morgan fingerprint density at radius 3 is 3.07 bits per heavy atom. The monoisotopic (exact) mass is 227 g/mol. The van der Waals surface area contributed by atoms with Crippen LogP contribution in [-0.4, -0.2) is 12.6 Å². The molecule has 1 fully saturated rings. The molecule has 0 spiro atoms. The SMILES string of the molecule is FC(CC1CCCN1)c1cccc(Cl)c1. The molecule has 0 bridgehead atoms. The first kappa shape index (κ1) is 10.9. The minimum Gasteiger partial charge on any atom is -0.314 e. The van der Waals surface area contributed by atoms with Gasteiger partial charge < -0.3 is 5.32 Å². The lowest BCUT2D eigenvalue weighted by molar-refractivity contribution is 0.293. The Labute approximate surface area is 94.6 Å². The highest BCUT2D eigenvalue weighted by molar-refractivity contribution is 6.30. The molecular weight excluding hydrogens is 213 g/mol. The maximum absolute atomic E-state index is 13.9. The molecule has 1 aliphatic rings. The molecule has 1 nitrogen and oxygen atoms in total. The van der Waals surface area contributed by atoms with E-state index in [1.54, 1.807) is 24.3 Å². The van der Waals surface area contributed by atoms with E-state index in [0.717, 1.165) is 19.4 Å². The Balaban J connectivity index is 1.97. The zero-order chi connectivity index (χ0) is 10.7. The van der Waals surface area contributed by atoms with Gasteiger partial charge in [0, 0.05) is 11.1 Å². The van der Waals surface area contributed by atoms with E-state index in [-0.39, 0.29) is 0 Å². The molecule has 1 aromatic carbocycles. The topological polar surface area (TPSA) is 12.0 Å². The molecule has 2 atom stereocenters. The Kier molecular flexibility index (Phi) is 3.60. The summed E-state index contributed by atoms with van der Waals surface area (Å²) in [5.74, 6) is 0. The summed E-state index contributed by atoms with van der Waals surface area (Å²) in [6.07, 6.45) is 1.90. The minimum atomic E-state index is -0.903. The first-order valence-corrected chi connectivity index (χ1v) is 5.76. The second-order valence-corrected chi connectivity index (χ2v) is 4.49. The van der Waals surface area contributed by atoms with Gasteiger partial charge in [-0.1, -0.05) is 23.7 Å². The van der Waals surface area contributed by atoms with Gasteiger partial charge in [0.05, 0.1) is 0 Å². The van der Waals surface area contributed by atoms with Gasteiger partial charge in [0.2, 0.25) is 0 Å². The van der Waals surface area contributed by atoms with Gasteiger partial charge in [0.15, 0.2) is 0 Å². The average Bonchev–Trinajstić information content (AvgIpc) is 2.70. The number of hydrogen-bond donors (Lipinski definition) is 1. The summed E-state index contributed by atoms with van der Waals surface area (Å²) < 4.78 is 13.9. The second-order valence-electron chi connectivity index (χ2n) is 4.05. The van der Waals surface area contributed by atoms with E-state index in [1.165, 1.54) is 0 Å². The van der Waals surface area contributed by atoms with E-state index in [4.69, 9.17) is 11.6 Å². The lowest BCUT2D eigenvalue weighted by Crippen LogP contribution is -2.22. The molecule has 1 heterocycles. The van der Waals surface area contributed by atoms with Crippen LogP contribution in [0.5, 0.6) is 0 Å². The van der Waals surface area contributed by atoms with Crippen LogP contribution in [-0.2, 0) is 0 Å². The maximum atomic E-state index is 13.9. The van der Waals surface area contributed by atoms with Crippen molar-refractivity contribution >= 4 is 11.6 Å². The van der Waals surface area contributed by atoms with Crippen molar-refractivity contribution in [2.75, 3.05) is 6.54 Å². The third-order valence-electron chi connectivity index (χ3n) is 2.86. The van der Waals surface area contributed by atoms with Gasteiger partial charge in [0.1, 0.15) is 6.17 Å². The molecule has 0 saturated carbocycles. The summed E-state index contributed by atoms with van der Waals surface area (Å²) in [7, 11) is 0. The van der Waals surface area contributed by atoms with Gasteiger partial charge in [0.25, 0.3) is 0 Å². The van der Waals surface area contributed by atoms with E-state index in [1.807, 2.05) is 0 Å². The molecule has 1 aliphatic heterocycles. The van der Waals surface area contributed by atoms with Gasteiger partial charge >= 0.3 is 0 Å². The predicted molar refractivity (Wildman–Crippen MR) is 60.9 cm³/mol. The van der Waals surface area contributed by atoms with Crippen molar-refractivity contribution in [2.24, 2.45) is 0 Å². The zero-order valence-corrected chi connectivity index (χ0v) is 9.30. The van der Waals surface area contributed by atoms with E-state index in [0.29, 0.717) is 23.0 Å². The normalized spacial score (nSPS) is 22.9. The van der Waals surface area contributed by atoms with E-state index >= 15 is 0 Å². The van der Waals surface area contributed by atoms with Crippen LogP contribution in [0, 0.1) is 0 Å². The molecule has 0 amide bonds. The largest absolute Gasteiger partial charge is 0.314 e. The Morgan fingerprint density at radius 1 is 1.53 bits per heavy atom. The third kappa shape index (κ3) is 2.93. The van der Waals surface area contributed by atoms with E-state index in [9.17, 15) is 4.39 Å². The van der Waals surface area contributed by atoms with Crippen LogP contribution < -0.4 is 5.32 Å². The van der Waals surface area contributed by atoms with Crippen molar-refractivity contribution in [3.8, 4) is 0 Å². The number of rotatable bonds is 3. The highest BCUT2D eigenvalue weighted by Gasteiger charge is 2.20. The van der Waals surface area contributed by atoms with Crippen LogP contribution in [0.1, 0.15) is 31.0 Å². The van der Waals surface area contributed by atoms with Crippen LogP contribution in [0.3, 0.4) is 0 Å². The molecule has 0 aliphatic carbocycles. The third-order valence-corrected chi connectivity index (χ3v) is 3.10. The summed E-state index contributed by atoms with van der Waals surface area (Å²) in [6.45, 7) is 1.02. The van der Waals surface area contributed by atoms with Gasteiger partial charge in [-0.2, -0.15) is 0 Å². The molecule has 3 heteroatoms. The standard InChI is InChI=1S/C12H15ClFN/c13-10-4-1-3-9(7-10)12(14)8-11-5-2-6-15-11/h1,3-4,7,11-12,15H,2,5-6,8H2. The lowest BCUT2D eigenvalue weighted by Gasteiger charge is -2.14. The van der Waals surface area contributed by atoms with Gasteiger partial charge in [-0.25, -0.2) is 4.39 Å². The fourth-order valence-corrected chi connectivity index (χ4v) is 2.24. The average molecular weight is 228 g/mol. The van der Waals surface area contributed by atoms with Gasteiger partial charge in [-0.3, -0.25) is 0 Å². The fourth-order valence-electron chi connectivity index (χ4n) is 2.05. The molecule has 82 valence electrons. The predicted octanol–water partition coefficient (Wildman–Crippen LogP) is 3.49. The number of hydrogen-bond acceptors (Lipinski definition) is 1.